The van der Waals surface area contributed by atoms with Gasteiger partial charge in [0, 0.05) is 0 Å². The van der Waals surface area contributed by atoms with Gasteiger partial charge in [-0.1, -0.05) is 87.9 Å². The Hall–Kier alpha value is -2.33. The molecule has 4 rings (SSSR count). The number of carbonyl (C=O) groups excluding carboxylic acids is 1. The summed E-state index contributed by atoms with van der Waals surface area (Å²) in [5, 5.41) is 10.8. The van der Waals surface area contributed by atoms with E-state index in [-0.39, 0.29) is 25.3 Å². The van der Waals surface area contributed by atoms with E-state index in [4.69, 9.17) is 9.47 Å². The monoisotopic (exact) mass is 464 g/mol. The number of aliphatic hydroxyl groups excluding tert-OH is 1. The van der Waals surface area contributed by atoms with Crippen LogP contribution in [0.2, 0.25) is 0 Å². The van der Waals surface area contributed by atoms with Crippen LogP contribution in [-0.4, -0.2) is 23.8 Å². The Balaban J connectivity index is 1.30. The first-order valence-electron chi connectivity index (χ1n) is 13.3. The van der Waals surface area contributed by atoms with Gasteiger partial charge in [0.25, 0.3) is 0 Å². The first-order chi connectivity index (χ1) is 16.7. The van der Waals surface area contributed by atoms with E-state index in [9.17, 15) is 9.90 Å². The highest BCUT2D eigenvalue weighted by Gasteiger charge is 2.44. The third kappa shape index (κ3) is 6.41. The van der Waals surface area contributed by atoms with E-state index in [1.807, 2.05) is 42.5 Å². The zero-order chi connectivity index (χ0) is 23.8. The molecule has 0 saturated heterocycles. The summed E-state index contributed by atoms with van der Waals surface area (Å²) in [7, 11) is 0. The molecule has 0 amide bonds. The molecule has 34 heavy (non-hydrogen) atoms. The van der Waals surface area contributed by atoms with Gasteiger partial charge in [0.05, 0.1) is 6.10 Å². The molecule has 2 aliphatic rings. The van der Waals surface area contributed by atoms with Gasteiger partial charge in [-0.25, -0.2) is 4.79 Å². The van der Waals surface area contributed by atoms with Crippen molar-refractivity contribution in [2.45, 2.75) is 83.8 Å². The third-order valence-corrected chi connectivity index (χ3v) is 7.83. The number of fused-ring (bicyclic) bond motifs is 2. The van der Waals surface area contributed by atoms with Crippen LogP contribution in [0.1, 0.15) is 75.0 Å². The Kier molecular flexibility index (Phi) is 9.04. The summed E-state index contributed by atoms with van der Waals surface area (Å²) in [6.07, 6.45) is 11.6. The number of esters is 1. The second kappa shape index (κ2) is 12.4. The predicted molar refractivity (Wildman–Crippen MR) is 135 cm³/mol. The number of ether oxygens (including phenoxy) is 2. The Morgan fingerprint density at radius 2 is 1.76 bits per heavy atom. The van der Waals surface area contributed by atoms with Crippen molar-refractivity contribution in [3.05, 3.63) is 65.2 Å². The van der Waals surface area contributed by atoms with Crippen LogP contribution in [0.25, 0.3) is 0 Å². The van der Waals surface area contributed by atoms with Crippen molar-refractivity contribution in [3.63, 3.8) is 0 Å². The van der Waals surface area contributed by atoms with Crippen LogP contribution in [0.3, 0.4) is 0 Å². The van der Waals surface area contributed by atoms with Crippen LogP contribution in [0, 0.1) is 17.8 Å². The summed E-state index contributed by atoms with van der Waals surface area (Å²) in [5.74, 6) is 1.92. The van der Waals surface area contributed by atoms with Crippen molar-refractivity contribution < 1.29 is 19.4 Å². The molecular formula is C30H40O4. The molecule has 2 aromatic carbocycles. The molecule has 1 fully saturated rings. The van der Waals surface area contributed by atoms with E-state index in [1.54, 1.807) is 0 Å². The first-order valence-corrected chi connectivity index (χ1v) is 13.3. The maximum atomic E-state index is 12.2. The van der Waals surface area contributed by atoms with Gasteiger partial charge in [0.2, 0.25) is 0 Å². The maximum absolute atomic E-state index is 12.2. The van der Waals surface area contributed by atoms with E-state index in [1.165, 1.54) is 49.7 Å². The average Bonchev–Trinajstić information content (AvgIpc) is 3.16. The van der Waals surface area contributed by atoms with Crippen LogP contribution < -0.4 is 4.74 Å². The van der Waals surface area contributed by atoms with Crippen molar-refractivity contribution in [1.82, 2.24) is 0 Å². The molecule has 4 heteroatoms. The second-order valence-corrected chi connectivity index (χ2v) is 10.2. The van der Waals surface area contributed by atoms with Gasteiger partial charge in [-0.05, 0) is 66.2 Å². The molecule has 0 aromatic heterocycles. The lowest BCUT2D eigenvalue weighted by atomic mass is 9.73. The van der Waals surface area contributed by atoms with Gasteiger partial charge in [-0.3, -0.25) is 0 Å². The molecule has 0 heterocycles. The van der Waals surface area contributed by atoms with Crippen LogP contribution in [-0.2, 0) is 29.0 Å². The van der Waals surface area contributed by atoms with Crippen molar-refractivity contribution in [3.8, 4) is 5.75 Å². The zero-order valence-corrected chi connectivity index (χ0v) is 20.6. The van der Waals surface area contributed by atoms with E-state index < -0.39 is 0 Å². The van der Waals surface area contributed by atoms with E-state index in [0.717, 1.165) is 37.0 Å². The highest BCUT2D eigenvalue weighted by atomic mass is 16.6. The number of aliphatic hydroxyl groups is 1. The molecule has 2 aliphatic carbocycles. The second-order valence-electron chi connectivity index (χ2n) is 10.2. The quantitative estimate of drug-likeness (QED) is 0.297. The lowest BCUT2D eigenvalue weighted by Crippen LogP contribution is -2.27. The molecule has 1 N–H and O–H groups in total. The van der Waals surface area contributed by atoms with Crippen LogP contribution in [0.4, 0.5) is 0 Å². The number of hydrogen-bond acceptors (Lipinski definition) is 4. The first kappa shape index (κ1) is 24.8. The normalized spacial score (nSPS) is 23.2. The van der Waals surface area contributed by atoms with Gasteiger partial charge < -0.3 is 14.6 Å². The molecule has 4 nitrogen and oxygen atoms in total. The van der Waals surface area contributed by atoms with E-state index in [2.05, 4.69) is 13.0 Å². The molecule has 0 unspecified atom stereocenters. The smallest absolute Gasteiger partial charge is 0.344 e. The summed E-state index contributed by atoms with van der Waals surface area (Å²) < 4.78 is 11.3. The lowest BCUT2D eigenvalue weighted by Gasteiger charge is -2.32. The maximum Gasteiger partial charge on any atom is 0.344 e. The Labute approximate surface area is 204 Å². The summed E-state index contributed by atoms with van der Waals surface area (Å²) in [4.78, 5) is 12.2. The number of rotatable bonds is 12. The van der Waals surface area contributed by atoms with Crippen molar-refractivity contribution >= 4 is 5.97 Å². The van der Waals surface area contributed by atoms with Crippen LogP contribution in [0.5, 0.6) is 5.75 Å². The molecule has 184 valence electrons. The summed E-state index contributed by atoms with van der Waals surface area (Å²) in [5.41, 5.74) is 3.50. The minimum Gasteiger partial charge on any atom is -0.482 e. The Morgan fingerprint density at radius 1 is 0.971 bits per heavy atom. The zero-order valence-electron chi connectivity index (χ0n) is 20.6. The molecule has 0 spiro atoms. The fourth-order valence-corrected chi connectivity index (χ4v) is 6.02. The van der Waals surface area contributed by atoms with Gasteiger partial charge >= 0.3 is 5.97 Å². The average molecular weight is 465 g/mol. The SMILES string of the molecule is CCCCCCCC[C@H]1[C@@H]2Cc3cccc(OCC(=O)OCc4ccccc4)c3C[C@@H]2C[C@@H]1O. The Morgan fingerprint density at radius 3 is 2.59 bits per heavy atom. The summed E-state index contributed by atoms with van der Waals surface area (Å²) >= 11 is 0. The molecule has 0 radical (unpaired) electrons. The highest BCUT2D eigenvalue weighted by Crippen LogP contribution is 2.48. The molecule has 0 aliphatic heterocycles. The summed E-state index contributed by atoms with van der Waals surface area (Å²) in [6.45, 7) is 2.43. The van der Waals surface area contributed by atoms with Crippen LogP contribution in [0.15, 0.2) is 48.5 Å². The topological polar surface area (TPSA) is 55.8 Å². The fourth-order valence-electron chi connectivity index (χ4n) is 6.02. The lowest BCUT2D eigenvalue weighted by molar-refractivity contribution is -0.147. The van der Waals surface area contributed by atoms with Gasteiger partial charge in [-0.2, -0.15) is 0 Å². The van der Waals surface area contributed by atoms with Crippen LogP contribution >= 0.6 is 0 Å². The standard InChI is InChI=1S/C30H40O4/c1-2-3-4-5-6-10-15-25-26-17-23-14-11-16-29(27(23)18-24(26)19-28(25)31)33-21-30(32)34-20-22-12-8-7-9-13-22/h7-9,11-14,16,24-26,28,31H,2-6,10,15,17-21H2,1H3/t24-,25+,26-,28+/m1/s1. The van der Waals surface area contributed by atoms with Crippen molar-refractivity contribution in [2.75, 3.05) is 6.61 Å². The number of hydrogen-bond donors (Lipinski definition) is 1. The minimum atomic E-state index is -0.356. The number of benzene rings is 2. The highest BCUT2D eigenvalue weighted by molar-refractivity contribution is 5.71. The minimum absolute atomic E-state index is 0.0827. The third-order valence-electron chi connectivity index (χ3n) is 7.83. The molecule has 2 aromatic rings. The van der Waals surface area contributed by atoms with Crippen molar-refractivity contribution in [2.24, 2.45) is 17.8 Å². The van der Waals surface area contributed by atoms with Crippen molar-refractivity contribution in [1.29, 1.82) is 0 Å². The largest absolute Gasteiger partial charge is 0.482 e. The number of unbranched alkanes of at least 4 members (excludes halogenated alkanes) is 5. The van der Waals surface area contributed by atoms with E-state index >= 15 is 0 Å². The molecule has 0 bridgehead atoms. The van der Waals surface area contributed by atoms with Gasteiger partial charge in [0.15, 0.2) is 6.61 Å². The molecule has 4 atom stereocenters. The molecular weight excluding hydrogens is 424 g/mol. The molecule has 1 saturated carbocycles. The summed E-state index contributed by atoms with van der Waals surface area (Å²) in [6, 6.07) is 15.9. The fraction of sp³-hybridized carbons (Fsp3) is 0.567. The Bertz CT molecular complexity index is 909. The predicted octanol–water partition coefficient (Wildman–Crippen LogP) is 6.27. The van der Waals surface area contributed by atoms with Gasteiger partial charge in [-0.15, -0.1) is 0 Å². The van der Waals surface area contributed by atoms with Gasteiger partial charge in [0.1, 0.15) is 12.4 Å². The number of carbonyl (C=O) groups is 1. The van der Waals surface area contributed by atoms with E-state index in [0.29, 0.717) is 17.8 Å².